The van der Waals surface area contributed by atoms with Crippen LogP contribution in [0.2, 0.25) is 0 Å². The highest BCUT2D eigenvalue weighted by molar-refractivity contribution is 9.11. The predicted octanol–water partition coefficient (Wildman–Crippen LogP) is 3.81. The highest BCUT2D eigenvalue weighted by Gasteiger charge is 2.34. The summed E-state index contributed by atoms with van der Waals surface area (Å²) in [6, 6.07) is 5.55. The van der Waals surface area contributed by atoms with Gasteiger partial charge in [-0.15, -0.1) is 11.3 Å². The molecule has 0 radical (unpaired) electrons. The molecule has 1 amide bonds. The molecule has 7 heteroatoms. The van der Waals surface area contributed by atoms with Crippen LogP contribution in [-0.2, 0) is 13.0 Å². The maximum atomic E-state index is 13.1. The molecule has 1 atom stereocenters. The van der Waals surface area contributed by atoms with Gasteiger partial charge in [-0.1, -0.05) is 0 Å². The van der Waals surface area contributed by atoms with E-state index < -0.39 is 0 Å². The van der Waals surface area contributed by atoms with Gasteiger partial charge in [0.25, 0.3) is 5.91 Å². The molecule has 0 fully saturated rings. The fraction of sp³-hybridized carbons (Fsp3) is 0.294. The molecule has 24 heavy (non-hydrogen) atoms. The van der Waals surface area contributed by atoms with Gasteiger partial charge in [0.15, 0.2) is 11.5 Å². The van der Waals surface area contributed by atoms with Crippen molar-refractivity contribution < 1.29 is 14.3 Å². The highest BCUT2D eigenvalue weighted by Crippen LogP contribution is 2.39. The van der Waals surface area contributed by atoms with Crippen LogP contribution in [0.3, 0.4) is 0 Å². The number of aliphatic imine (C=N–C) groups is 1. The first-order valence-corrected chi connectivity index (χ1v) is 9.10. The fourth-order valence-electron chi connectivity index (χ4n) is 3.16. The van der Waals surface area contributed by atoms with Crippen LogP contribution < -0.4 is 9.47 Å². The SMILES string of the molecule is COc1cc2c(cc1OC)C(=O)N1Cc3cc(Br)sc3C[C@H]1C=N2. The summed E-state index contributed by atoms with van der Waals surface area (Å²) in [4.78, 5) is 20.8. The lowest BCUT2D eigenvalue weighted by molar-refractivity contribution is 0.0705. The van der Waals surface area contributed by atoms with Crippen LogP contribution >= 0.6 is 27.3 Å². The average Bonchev–Trinajstić information content (AvgIpc) is 2.90. The fourth-order valence-corrected chi connectivity index (χ4v) is 4.97. The summed E-state index contributed by atoms with van der Waals surface area (Å²) in [5.74, 6) is 1.08. The molecule has 5 nitrogen and oxygen atoms in total. The molecule has 124 valence electrons. The van der Waals surface area contributed by atoms with Gasteiger partial charge in [0, 0.05) is 30.1 Å². The van der Waals surface area contributed by atoms with Gasteiger partial charge in [0.2, 0.25) is 0 Å². The molecule has 0 saturated heterocycles. The Morgan fingerprint density at radius 1 is 1.25 bits per heavy atom. The third-order valence-corrected chi connectivity index (χ3v) is 6.08. The first-order chi connectivity index (χ1) is 11.6. The van der Waals surface area contributed by atoms with E-state index in [1.165, 1.54) is 10.4 Å². The molecule has 0 aliphatic carbocycles. The van der Waals surface area contributed by atoms with E-state index >= 15 is 0 Å². The Morgan fingerprint density at radius 3 is 2.75 bits per heavy atom. The minimum absolute atomic E-state index is 0.0265. The topological polar surface area (TPSA) is 51.1 Å². The Balaban J connectivity index is 1.79. The molecule has 3 heterocycles. The van der Waals surface area contributed by atoms with Gasteiger partial charge < -0.3 is 14.4 Å². The molecule has 0 saturated carbocycles. The lowest BCUT2D eigenvalue weighted by Crippen LogP contribution is -2.44. The summed E-state index contributed by atoms with van der Waals surface area (Å²) < 4.78 is 11.8. The van der Waals surface area contributed by atoms with E-state index in [9.17, 15) is 4.79 Å². The van der Waals surface area contributed by atoms with Crippen LogP contribution in [-0.4, -0.2) is 37.3 Å². The number of fused-ring (bicyclic) bond motifs is 3. The van der Waals surface area contributed by atoms with Crippen molar-refractivity contribution in [1.29, 1.82) is 0 Å². The summed E-state index contributed by atoms with van der Waals surface area (Å²) in [5, 5.41) is 0. The van der Waals surface area contributed by atoms with E-state index in [0.717, 1.165) is 10.2 Å². The Labute approximate surface area is 152 Å². The van der Waals surface area contributed by atoms with E-state index in [1.54, 1.807) is 37.7 Å². The predicted molar refractivity (Wildman–Crippen MR) is 97.1 cm³/mol. The van der Waals surface area contributed by atoms with Crippen molar-refractivity contribution in [3.8, 4) is 11.5 Å². The number of carbonyl (C=O) groups is 1. The molecule has 1 aromatic carbocycles. The monoisotopic (exact) mass is 406 g/mol. The number of amides is 1. The average molecular weight is 407 g/mol. The quantitative estimate of drug-likeness (QED) is 0.761. The van der Waals surface area contributed by atoms with E-state index in [4.69, 9.17) is 9.47 Å². The standard InChI is InChI=1S/C17H15BrN2O3S/c1-22-13-5-11-12(6-14(13)23-2)19-7-10-4-15-9(3-16(18)24-15)8-20(10)17(11)21/h3,5-7,10H,4,8H2,1-2H3/t10-/m0/s1. The lowest BCUT2D eigenvalue weighted by atomic mass is 10.0. The van der Waals surface area contributed by atoms with Gasteiger partial charge >= 0.3 is 0 Å². The minimum Gasteiger partial charge on any atom is -0.493 e. The molecule has 4 rings (SSSR count). The van der Waals surface area contributed by atoms with Gasteiger partial charge in [-0.2, -0.15) is 0 Å². The minimum atomic E-state index is -0.0278. The number of nitrogens with zero attached hydrogens (tertiary/aromatic N) is 2. The highest BCUT2D eigenvalue weighted by atomic mass is 79.9. The molecule has 2 aromatic rings. The molecule has 0 spiro atoms. The number of methoxy groups -OCH3 is 2. The van der Waals surface area contributed by atoms with Crippen LogP contribution in [0.25, 0.3) is 0 Å². The van der Waals surface area contributed by atoms with Crippen molar-refractivity contribution in [2.75, 3.05) is 14.2 Å². The van der Waals surface area contributed by atoms with Crippen molar-refractivity contribution in [2.45, 2.75) is 19.0 Å². The number of halogens is 1. The number of hydrogen-bond acceptors (Lipinski definition) is 5. The maximum Gasteiger partial charge on any atom is 0.257 e. The zero-order valence-electron chi connectivity index (χ0n) is 13.2. The molecule has 0 bridgehead atoms. The van der Waals surface area contributed by atoms with Gasteiger partial charge in [-0.05, 0) is 33.6 Å². The molecule has 2 aliphatic rings. The summed E-state index contributed by atoms with van der Waals surface area (Å²) in [6.07, 6.45) is 2.66. The van der Waals surface area contributed by atoms with Gasteiger partial charge in [-0.25, -0.2) is 0 Å². The van der Waals surface area contributed by atoms with E-state index in [0.29, 0.717) is 29.3 Å². The number of ether oxygens (including phenoxy) is 2. The number of carbonyl (C=O) groups excluding carboxylic acids is 1. The second-order valence-corrected chi connectivity index (χ2v) is 8.22. The van der Waals surface area contributed by atoms with Crippen LogP contribution in [0, 0.1) is 0 Å². The van der Waals surface area contributed by atoms with Crippen molar-refractivity contribution >= 4 is 45.1 Å². The number of hydrogen-bond donors (Lipinski definition) is 0. The van der Waals surface area contributed by atoms with Gasteiger partial charge in [-0.3, -0.25) is 9.79 Å². The zero-order chi connectivity index (χ0) is 16.8. The third kappa shape index (κ3) is 2.43. The summed E-state index contributed by atoms with van der Waals surface area (Å²) in [7, 11) is 3.14. The molecule has 0 unspecified atom stereocenters. The Morgan fingerprint density at radius 2 is 2.00 bits per heavy atom. The lowest BCUT2D eigenvalue weighted by Gasteiger charge is -2.32. The molecule has 1 aromatic heterocycles. The van der Waals surface area contributed by atoms with Crippen molar-refractivity contribution in [1.82, 2.24) is 4.90 Å². The second kappa shape index (κ2) is 5.89. The van der Waals surface area contributed by atoms with Crippen molar-refractivity contribution in [2.24, 2.45) is 4.99 Å². The van der Waals surface area contributed by atoms with Crippen LogP contribution in [0.5, 0.6) is 11.5 Å². The number of thiophene rings is 1. The maximum absolute atomic E-state index is 13.1. The summed E-state index contributed by atoms with van der Waals surface area (Å²) >= 11 is 5.26. The Hall–Kier alpha value is -1.86. The second-order valence-electron chi connectivity index (χ2n) is 5.71. The summed E-state index contributed by atoms with van der Waals surface area (Å²) in [5.41, 5.74) is 2.37. The van der Waals surface area contributed by atoms with Crippen LogP contribution in [0.1, 0.15) is 20.8 Å². The van der Waals surface area contributed by atoms with Gasteiger partial charge in [0.05, 0.1) is 35.3 Å². The van der Waals surface area contributed by atoms with Crippen LogP contribution in [0.4, 0.5) is 5.69 Å². The first kappa shape index (κ1) is 15.7. The smallest absolute Gasteiger partial charge is 0.257 e. The van der Waals surface area contributed by atoms with Crippen LogP contribution in [0.15, 0.2) is 27.0 Å². The molecular formula is C17H15BrN2O3S. The van der Waals surface area contributed by atoms with Crippen molar-refractivity contribution in [3.63, 3.8) is 0 Å². The van der Waals surface area contributed by atoms with E-state index in [-0.39, 0.29) is 11.9 Å². The van der Waals surface area contributed by atoms with Gasteiger partial charge in [0.1, 0.15) is 0 Å². The van der Waals surface area contributed by atoms with E-state index in [1.807, 2.05) is 11.1 Å². The zero-order valence-corrected chi connectivity index (χ0v) is 15.6. The molecule has 0 N–H and O–H groups in total. The van der Waals surface area contributed by atoms with E-state index in [2.05, 4.69) is 27.0 Å². The molecular weight excluding hydrogens is 392 g/mol. The Kier molecular flexibility index (Phi) is 3.85. The molecule has 2 aliphatic heterocycles. The Bertz CT molecular complexity index is 862. The van der Waals surface area contributed by atoms with Crippen molar-refractivity contribution in [3.05, 3.63) is 38.0 Å². The largest absolute Gasteiger partial charge is 0.493 e. The number of rotatable bonds is 2. The normalized spacial score (nSPS) is 18.5. The third-order valence-electron chi connectivity index (χ3n) is 4.38. The first-order valence-electron chi connectivity index (χ1n) is 7.49. The summed E-state index contributed by atoms with van der Waals surface area (Å²) in [6.45, 7) is 0.598. The number of benzene rings is 1.